The number of fused-ring (bicyclic) bond motifs is 1. The minimum atomic E-state index is -3.81. The fourth-order valence-corrected chi connectivity index (χ4v) is 4.79. The van der Waals surface area contributed by atoms with E-state index < -0.39 is 28.5 Å². The van der Waals surface area contributed by atoms with Crippen LogP contribution in [0.2, 0.25) is 0 Å². The lowest BCUT2D eigenvalue weighted by atomic mass is 10.1. The minimum absolute atomic E-state index is 0.0485. The third-order valence-corrected chi connectivity index (χ3v) is 7.47. The first-order valence-electron chi connectivity index (χ1n) is 11.2. The lowest BCUT2D eigenvalue weighted by Gasteiger charge is -2.33. The Labute approximate surface area is 200 Å². The maximum Gasteiger partial charge on any atom is 0.244 e. The van der Waals surface area contributed by atoms with Gasteiger partial charge in [-0.3, -0.25) is 13.9 Å². The number of nitrogens with one attached hydrogen (secondary N) is 1. The van der Waals surface area contributed by atoms with Gasteiger partial charge in [0.1, 0.15) is 12.6 Å². The van der Waals surface area contributed by atoms with Gasteiger partial charge in [0, 0.05) is 19.7 Å². The number of likely N-dealkylation sites (N-methyl/N-ethyl adjacent to an activating group) is 1. The van der Waals surface area contributed by atoms with Gasteiger partial charge < -0.3 is 19.7 Å². The Bertz CT molecular complexity index is 1130. The SMILES string of the molecule is CCC(C(=O)NC)N(Cc1ccc(C)cc1)C(=O)CN(c1ccc2c(c1)OCO2)S(=O)(=O)CC. The highest BCUT2D eigenvalue weighted by molar-refractivity contribution is 7.92. The third kappa shape index (κ3) is 5.61. The van der Waals surface area contributed by atoms with Crippen molar-refractivity contribution in [1.29, 1.82) is 0 Å². The molecule has 0 aromatic heterocycles. The fraction of sp³-hybridized carbons (Fsp3) is 0.417. The lowest BCUT2D eigenvalue weighted by Crippen LogP contribution is -2.52. The van der Waals surface area contributed by atoms with Gasteiger partial charge >= 0.3 is 0 Å². The first-order valence-corrected chi connectivity index (χ1v) is 12.8. The molecule has 1 heterocycles. The number of nitrogens with zero attached hydrogens (tertiary/aromatic N) is 2. The standard InChI is InChI=1S/C24H31N3O6S/c1-5-20(24(29)25-4)26(14-18-9-7-17(3)8-10-18)23(28)15-27(34(30,31)6-2)19-11-12-21-22(13-19)33-16-32-21/h7-13,20H,5-6,14-16H2,1-4H3,(H,25,29). The van der Waals surface area contributed by atoms with E-state index in [1.54, 1.807) is 18.2 Å². The van der Waals surface area contributed by atoms with Crippen LogP contribution in [0, 0.1) is 6.92 Å². The Morgan fingerprint density at radius 3 is 2.35 bits per heavy atom. The summed E-state index contributed by atoms with van der Waals surface area (Å²) in [5.41, 5.74) is 2.21. The van der Waals surface area contributed by atoms with Crippen LogP contribution in [0.1, 0.15) is 31.4 Å². The number of amides is 2. The fourth-order valence-electron chi connectivity index (χ4n) is 3.74. The number of sulfonamides is 1. The molecule has 1 aliphatic rings. The summed E-state index contributed by atoms with van der Waals surface area (Å²) in [5.74, 6) is -0.0638. The summed E-state index contributed by atoms with van der Waals surface area (Å²) < 4.78 is 37.7. The van der Waals surface area contributed by atoms with Gasteiger partial charge in [0.25, 0.3) is 0 Å². The molecule has 0 saturated heterocycles. The molecule has 0 spiro atoms. The van der Waals surface area contributed by atoms with E-state index in [0.29, 0.717) is 23.6 Å². The van der Waals surface area contributed by atoms with E-state index in [2.05, 4.69) is 5.32 Å². The first-order chi connectivity index (χ1) is 16.2. The number of carbonyl (C=O) groups excluding carboxylic acids is 2. The monoisotopic (exact) mass is 489 g/mol. The zero-order valence-electron chi connectivity index (χ0n) is 19.9. The molecule has 34 heavy (non-hydrogen) atoms. The topological polar surface area (TPSA) is 105 Å². The third-order valence-electron chi connectivity index (χ3n) is 5.73. The van der Waals surface area contributed by atoms with Gasteiger partial charge in [-0.05, 0) is 38.0 Å². The molecule has 9 nitrogen and oxygen atoms in total. The number of hydrogen-bond acceptors (Lipinski definition) is 6. The Morgan fingerprint density at radius 1 is 1.06 bits per heavy atom. The normalized spacial score (nSPS) is 13.3. The summed E-state index contributed by atoms with van der Waals surface area (Å²) in [7, 11) is -2.29. The zero-order valence-corrected chi connectivity index (χ0v) is 20.7. The van der Waals surface area contributed by atoms with Crippen LogP contribution in [0.5, 0.6) is 11.5 Å². The average molecular weight is 490 g/mol. The summed E-state index contributed by atoms with van der Waals surface area (Å²) in [4.78, 5) is 27.6. The minimum Gasteiger partial charge on any atom is -0.454 e. The first kappa shape index (κ1) is 25.4. The van der Waals surface area contributed by atoms with E-state index >= 15 is 0 Å². The number of anilines is 1. The molecule has 10 heteroatoms. The average Bonchev–Trinajstić information content (AvgIpc) is 3.31. The Kier molecular flexibility index (Phi) is 8.03. The maximum absolute atomic E-state index is 13.6. The molecule has 0 radical (unpaired) electrons. The number of aryl methyl sites for hydroxylation is 1. The van der Waals surface area contributed by atoms with Gasteiger partial charge in [-0.15, -0.1) is 0 Å². The van der Waals surface area contributed by atoms with Crippen molar-refractivity contribution in [1.82, 2.24) is 10.2 Å². The molecule has 0 saturated carbocycles. The zero-order chi connectivity index (χ0) is 24.9. The Balaban J connectivity index is 1.96. The van der Waals surface area contributed by atoms with E-state index in [-0.39, 0.29) is 25.0 Å². The van der Waals surface area contributed by atoms with Gasteiger partial charge in [0.2, 0.25) is 28.6 Å². The van der Waals surface area contributed by atoms with Crippen molar-refractivity contribution in [2.24, 2.45) is 0 Å². The van der Waals surface area contributed by atoms with Crippen LogP contribution in [0.3, 0.4) is 0 Å². The molecule has 1 aliphatic heterocycles. The molecule has 0 bridgehead atoms. The second-order valence-corrected chi connectivity index (χ2v) is 10.2. The molecule has 1 atom stereocenters. The second-order valence-electron chi connectivity index (χ2n) is 7.99. The molecule has 2 aromatic rings. The molecule has 184 valence electrons. The highest BCUT2D eigenvalue weighted by Gasteiger charge is 2.32. The second kappa shape index (κ2) is 10.8. The van der Waals surface area contributed by atoms with Crippen LogP contribution in [0.4, 0.5) is 5.69 Å². The molecule has 2 amide bonds. The van der Waals surface area contributed by atoms with Crippen molar-refractivity contribution >= 4 is 27.5 Å². The van der Waals surface area contributed by atoms with Crippen molar-refractivity contribution in [2.75, 3.05) is 30.4 Å². The largest absolute Gasteiger partial charge is 0.454 e. The van der Waals surface area contributed by atoms with E-state index in [1.807, 2.05) is 38.1 Å². The summed E-state index contributed by atoms with van der Waals surface area (Å²) in [6.45, 7) is 5.07. The van der Waals surface area contributed by atoms with Crippen LogP contribution < -0.4 is 19.1 Å². The quantitative estimate of drug-likeness (QED) is 0.550. The molecular weight excluding hydrogens is 458 g/mol. The van der Waals surface area contributed by atoms with Crippen molar-refractivity contribution in [3.63, 3.8) is 0 Å². The van der Waals surface area contributed by atoms with Crippen LogP contribution in [-0.2, 0) is 26.2 Å². The van der Waals surface area contributed by atoms with Crippen LogP contribution >= 0.6 is 0 Å². The molecule has 1 N–H and O–H groups in total. The van der Waals surface area contributed by atoms with Gasteiger partial charge in [0.05, 0.1) is 11.4 Å². The molecule has 2 aromatic carbocycles. The highest BCUT2D eigenvalue weighted by atomic mass is 32.2. The summed E-state index contributed by atoms with van der Waals surface area (Å²) in [6, 6.07) is 11.6. The van der Waals surface area contributed by atoms with Gasteiger partial charge in [0.15, 0.2) is 11.5 Å². The van der Waals surface area contributed by atoms with Crippen LogP contribution in [0.25, 0.3) is 0 Å². The van der Waals surface area contributed by atoms with Crippen LogP contribution in [0.15, 0.2) is 42.5 Å². The number of rotatable bonds is 10. The maximum atomic E-state index is 13.6. The summed E-state index contributed by atoms with van der Waals surface area (Å²) in [6.07, 6.45) is 0.377. The summed E-state index contributed by atoms with van der Waals surface area (Å²) >= 11 is 0. The van der Waals surface area contributed by atoms with E-state index in [1.165, 1.54) is 18.9 Å². The van der Waals surface area contributed by atoms with Crippen molar-refractivity contribution in [2.45, 2.75) is 39.8 Å². The predicted molar refractivity (Wildman–Crippen MR) is 129 cm³/mol. The number of carbonyl (C=O) groups is 2. The Hall–Kier alpha value is -3.27. The smallest absolute Gasteiger partial charge is 0.244 e. The number of hydrogen-bond donors (Lipinski definition) is 1. The van der Waals surface area contributed by atoms with Crippen LogP contribution in [-0.4, -0.2) is 57.3 Å². The van der Waals surface area contributed by atoms with E-state index in [4.69, 9.17) is 9.47 Å². The van der Waals surface area contributed by atoms with Gasteiger partial charge in [-0.25, -0.2) is 8.42 Å². The van der Waals surface area contributed by atoms with Crippen molar-refractivity contribution in [3.05, 3.63) is 53.6 Å². The number of benzene rings is 2. The van der Waals surface area contributed by atoms with E-state index in [0.717, 1.165) is 15.4 Å². The summed E-state index contributed by atoms with van der Waals surface area (Å²) in [5, 5.41) is 2.61. The van der Waals surface area contributed by atoms with Crippen molar-refractivity contribution < 1.29 is 27.5 Å². The number of ether oxygens (including phenoxy) is 2. The molecule has 3 rings (SSSR count). The molecule has 1 unspecified atom stereocenters. The Morgan fingerprint density at radius 2 is 1.74 bits per heavy atom. The van der Waals surface area contributed by atoms with E-state index in [9.17, 15) is 18.0 Å². The molecular formula is C24H31N3O6S. The highest BCUT2D eigenvalue weighted by Crippen LogP contribution is 2.36. The van der Waals surface area contributed by atoms with Crippen molar-refractivity contribution in [3.8, 4) is 11.5 Å². The molecule has 0 fully saturated rings. The van der Waals surface area contributed by atoms with Gasteiger partial charge in [-0.2, -0.15) is 0 Å². The predicted octanol–water partition coefficient (Wildman–Crippen LogP) is 2.43. The molecule has 0 aliphatic carbocycles. The van der Waals surface area contributed by atoms with Gasteiger partial charge in [-0.1, -0.05) is 36.8 Å². The lowest BCUT2D eigenvalue weighted by molar-refractivity contribution is -0.140.